The van der Waals surface area contributed by atoms with Gasteiger partial charge in [0.25, 0.3) is 0 Å². The largest absolute Gasteiger partial charge is 0.444 e. The van der Waals surface area contributed by atoms with E-state index in [1.165, 1.54) is 5.56 Å². The van der Waals surface area contributed by atoms with Crippen molar-refractivity contribution in [3.05, 3.63) is 22.4 Å². The van der Waals surface area contributed by atoms with E-state index in [0.29, 0.717) is 13.1 Å². The number of fused-ring (bicyclic) bond motifs is 1. The average molecular weight is 336 g/mol. The van der Waals surface area contributed by atoms with Crippen LogP contribution in [0.5, 0.6) is 0 Å². The number of nitrogens with zero attached hydrogens (tertiary/aromatic N) is 3. The van der Waals surface area contributed by atoms with Gasteiger partial charge in [0.05, 0.1) is 12.6 Å². The summed E-state index contributed by atoms with van der Waals surface area (Å²) in [4.78, 5) is 20.9. The molecule has 23 heavy (non-hydrogen) atoms. The molecule has 1 unspecified atom stereocenters. The first kappa shape index (κ1) is 16.1. The maximum absolute atomic E-state index is 12.2. The molecule has 1 saturated heterocycles. The van der Waals surface area contributed by atoms with Crippen LogP contribution in [-0.2, 0) is 11.3 Å². The highest BCUT2D eigenvalue weighted by atomic mass is 32.1. The Morgan fingerprint density at radius 2 is 2.30 bits per heavy atom. The Morgan fingerprint density at radius 3 is 3.00 bits per heavy atom. The number of hydrogen-bond donors (Lipinski definition) is 1. The lowest BCUT2D eigenvalue weighted by molar-refractivity contribution is 0.0137. The zero-order valence-corrected chi connectivity index (χ0v) is 14.7. The maximum atomic E-state index is 12.2. The van der Waals surface area contributed by atoms with Crippen molar-refractivity contribution < 1.29 is 9.53 Å². The first-order valence-corrected chi connectivity index (χ1v) is 8.90. The molecule has 0 bridgehead atoms. The lowest BCUT2D eigenvalue weighted by atomic mass is 10.2. The highest BCUT2D eigenvalue weighted by Crippen LogP contribution is 2.19. The number of nitrogens with one attached hydrogen (secondary N) is 1. The van der Waals surface area contributed by atoms with E-state index in [1.807, 2.05) is 20.8 Å². The number of carbonyl (C=O) groups excluding carboxylic acids is 1. The van der Waals surface area contributed by atoms with Crippen LogP contribution in [0.15, 0.2) is 21.8 Å². The maximum Gasteiger partial charge on any atom is 0.410 e. The fraction of sp³-hybridized carbons (Fsp3) is 0.625. The summed E-state index contributed by atoms with van der Waals surface area (Å²) in [6, 6.07) is 2.37. The molecular formula is C16H24N4O2S. The monoisotopic (exact) mass is 336 g/mol. The van der Waals surface area contributed by atoms with E-state index < -0.39 is 5.60 Å². The minimum absolute atomic E-state index is 0.225. The van der Waals surface area contributed by atoms with Gasteiger partial charge in [0.2, 0.25) is 0 Å². The van der Waals surface area contributed by atoms with Gasteiger partial charge in [0, 0.05) is 26.2 Å². The first-order valence-electron chi connectivity index (χ1n) is 7.96. The molecule has 1 atom stereocenters. The first-order chi connectivity index (χ1) is 10.9. The summed E-state index contributed by atoms with van der Waals surface area (Å²) in [6.45, 7) is 9.34. The lowest BCUT2D eigenvalue weighted by Crippen LogP contribution is -2.57. The molecule has 1 aromatic rings. The lowest BCUT2D eigenvalue weighted by Gasteiger charge is -2.39. The molecule has 0 saturated carbocycles. The third kappa shape index (κ3) is 3.96. The van der Waals surface area contributed by atoms with Crippen LogP contribution in [-0.4, -0.2) is 59.7 Å². The Balaban J connectivity index is 1.52. The minimum Gasteiger partial charge on any atom is -0.444 e. The van der Waals surface area contributed by atoms with Crippen LogP contribution in [0, 0.1) is 0 Å². The van der Waals surface area contributed by atoms with Crippen molar-refractivity contribution >= 4 is 23.4 Å². The molecule has 6 nitrogen and oxygen atoms in total. The molecular weight excluding hydrogens is 312 g/mol. The van der Waals surface area contributed by atoms with E-state index in [4.69, 9.17) is 4.74 Å². The summed E-state index contributed by atoms with van der Waals surface area (Å²) in [6.07, 6.45) is -0.225. The van der Waals surface area contributed by atoms with Crippen LogP contribution in [0.4, 0.5) is 4.79 Å². The van der Waals surface area contributed by atoms with Crippen LogP contribution < -0.4 is 5.32 Å². The van der Waals surface area contributed by atoms with E-state index in [0.717, 1.165) is 25.6 Å². The molecule has 2 aliphatic heterocycles. The molecule has 1 fully saturated rings. The second-order valence-corrected chi connectivity index (χ2v) is 7.70. The van der Waals surface area contributed by atoms with Crippen molar-refractivity contribution in [1.82, 2.24) is 15.1 Å². The number of aliphatic imine (C=N–C) groups is 1. The summed E-state index contributed by atoms with van der Waals surface area (Å²) >= 11 is 1.70. The van der Waals surface area contributed by atoms with E-state index >= 15 is 0 Å². The van der Waals surface area contributed by atoms with Gasteiger partial charge in [-0.25, -0.2) is 4.79 Å². The summed E-state index contributed by atoms with van der Waals surface area (Å²) < 4.78 is 5.47. The van der Waals surface area contributed by atoms with E-state index in [9.17, 15) is 4.79 Å². The Hall–Kier alpha value is -1.76. The molecule has 7 heteroatoms. The normalized spacial score (nSPS) is 21.0. The van der Waals surface area contributed by atoms with Crippen LogP contribution in [0.3, 0.4) is 0 Å². The Kier molecular flexibility index (Phi) is 4.48. The molecule has 1 N–H and O–H groups in total. The van der Waals surface area contributed by atoms with Gasteiger partial charge >= 0.3 is 6.09 Å². The average Bonchev–Trinajstić information content (AvgIpc) is 3.12. The summed E-state index contributed by atoms with van der Waals surface area (Å²) in [5.74, 6) is 0.949. The molecule has 0 radical (unpaired) electrons. The van der Waals surface area contributed by atoms with Crippen molar-refractivity contribution in [2.75, 3.05) is 26.2 Å². The zero-order chi connectivity index (χ0) is 16.4. The number of hydrogen-bond acceptors (Lipinski definition) is 6. The van der Waals surface area contributed by atoms with Gasteiger partial charge in [0.15, 0.2) is 5.96 Å². The second kappa shape index (κ2) is 6.39. The molecule has 3 rings (SSSR count). The molecule has 126 valence electrons. The molecule has 0 aliphatic carbocycles. The third-order valence-corrected chi connectivity index (χ3v) is 4.62. The summed E-state index contributed by atoms with van der Waals surface area (Å²) in [5.41, 5.74) is 0.821. The zero-order valence-electron chi connectivity index (χ0n) is 13.9. The molecule has 0 spiro atoms. The van der Waals surface area contributed by atoms with Crippen LogP contribution in [0.1, 0.15) is 26.3 Å². The van der Waals surface area contributed by atoms with E-state index in [-0.39, 0.29) is 12.1 Å². The predicted molar refractivity (Wildman–Crippen MR) is 91.8 cm³/mol. The number of guanidine groups is 1. The molecule has 3 heterocycles. The number of rotatable bonds is 2. The van der Waals surface area contributed by atoms with Crippen molar-refractivity contribution in [1.29, 1.82) is 0 Å². The van der Waals surface area contributed by atoms with Crippen molar-refractivity contribution in [2.45, 2.75) is 39.0 Å². The number of amides is 1. The summed E-state index contributed by atoms with van der Waals surface area (Å²) in [5, 5.41) is 7.63. The van der Waals surface area contributed by atoms with Gasteiger partial charge in [-0.05, 0) is 43.2 Å². The van der Waals surface area contributed by atoms with Crippen LogP contribution in [0.25, 0.3) is 0 Å². The fourth-order valence-corrected chi connectivity index (χ4v) is 3.47. The number of carbonyl (C=O) groups is 1. The van der Waals surface area contributed by atoms with Crippen molar-refractivity contribution in [2.24, 2.45) is 4.99 Å². The van der Waals surface area contributed by atoms with Gasteiger partial charge in [0.1, 0.15) is 5.60 Å². The van der Waals surface area contributed by atoms with Crippen molar-refractivity contribution in [3.63, 3.8) is 0 Å². The molecule has 1 amide bonds. The van der Waals surface area contributed by atoms with Crippen molar-refractivity contribution in [3.8, 4) is 0 Å². The molecule has 2 aliphatic rings. The Labute approximate surface area is 141 Å². The highest BCUT2D eigenvalue weighted by molar-refractivity contribution is 7.07. The quantitative estimate of drug-likeness (QED) is 0.899. The van der Waals surface area contributed by atoms with Crippen LogP contribution >= 0.6 is 11.3 Å². The van der Waals surface area contributed by atoms with Gasteiger partial charge in [-0.3, -0.25) is 4.99 Å². The Morgan fingerprint density at radius 1 is 1.48 bits per heavy atom. The van der Waals surface area contributed by atoms with Gasteiger partial charge < -0.3 is 19.9 Å². The third-order valence-electron chi connectivity index (χ3n) is 3.89. The molecule has 0 aromatic carbocycles. The molecule has 1 aromatic heterocycles. The van der Waals surface area contributed by atoms with Gasteiger partial charge in [-0.1, -0.05) is 0 Å². The highest BCUT2D eigenvalue weighted by Gasteiger charge is 2.36. The smallest absolute Gasteiger partial charge is 0.410 e. The van der Waals surface area contributed by atoms with Crippen LogP contribution in [0.2, 0.25) is 0 Å². The number of thiophene rings is 1. The summed E-state index contributed by atoms with van der Waals surface area (Å²) in [7, 11) is 0. The Bertz CT molecular complexity index is 579. The number of piperazine rings is 1. The van der Waals surface area contributed by atoms with E-state index in [2.05, 4.69) is 32.0 Å². The topological polar surface area (TPSA) is 57.2 Å². The second-order valence-electron chi connectivity index (χ2n) is 6.92. The van der Waals surface area contributed by atoms with Gasteiger partial charge in [-0.2, -0.15) is 11.3 Å². The predicted octanol–water partition coefficient (Wildman–Crippen LogP) is 2.13. The SMILES string of the molecule is CC(C)(C)OC(=O)N1CCN2C(NCc3ccsc3)=NCC2C1. The van der Waals surface area contributed by atoms with Gasteiger partial charge in [-0.15, -0.1) is 0 Å². The number of ether oxygens (including phenoxy) is 1. The standard InChI is InChI=1S/C16H24N4O2S/c1-16(2,3)22-15(21)19-5-6-20-13(10-19)9-18-14(20)17-8-12-4-7-23-11-12/h4,7,11,13H,5-6,8-10H2,1-3H3,(H,17,18). The fourth-order valence-electron chi connectivity index (χ4n) is 2.80. The van der Waals surface area contributed by atoms with E-state index in [1.54, 1.807) is 16.2 Å². The minimum atomic E-state index is -0.451.